The summed E-state index contributed by atoms with van der Waals surface area (Å²) in [4.78, 5) is 0. The standard InChI is InChI=1S/C37H56F2O/c1-3-5-6-8-30-21-22-35(37(39)36(30)38)40-25-27-11-15-29(16-12-27)32-18-20-33-23-31(17-19-34(33)24-32)28-13-9-26(7-4-2)10-14-28/h3,5,21-22,26-29,31-34H,4,6-20,23-25H2,1-2H3/b5-3+. The van der Waals surface area contributed by atoms with Crippen LogP contribution in [0.2, 0.25) is 0 Å². The SMILES string of the molecule is C/C=C/CCc1ccc(OCC2CCC(C3CCC4CC(C5CCC(CCC)CC5)CCC4C3)CC2)c(F)c1F. The van der Waals surface area contributed by atoms with Gasteiger partial charge in [-0.3, -0.25) is 0 Å². The molecule has 4 saturated carbocycles. The maximum absolute atomic E-state index is 14.6. The first-order valence-corrected chi connectivity index (χ1v) is 17.3. The van der Waals surface area contributed by atoms with Crippen LogP contribution in [0.3, 0.4) is 0 Å². The van der Waals surface area contributed by atoms with E-state index in [0.29, 0.717) is 24.5 Å². The van der Waals surface area contributed by atoms with Gasteiger partial charge in [-0.2, -0.15) is 4.39 Å². The van der Waals surface area contributed by atoms with Crippen LogP contribution in [0.25, 0.3) is 0 Å². The number of rotatable bonds is 10. The zero-order valence-corrected chi connectivity index (χ0v) is 25.5. The summed E-state index contributed by atoms with van der Waals surface area (Å²) in [6.45, 7) is 4.80. The normalized spacial score (nSPS) is 35.0. The maximum atomic E-state index is 14.6. The number of hydrogen-bond acceptors (Lipinski definition) is 1. The second-order valence-corrected chi connectivity index (χ2v) is 14.3. The van der Waals surface area contributed by atoms with Gasteiger partial charge in [0, 0.05) is 0 Å². The molecule has 1 nitrogen and oxygen atoms in total. The summed E-state index contributed by atoms with van der Waals surface area (Å²) in [7, 11) is 0. The number of benzene rings is 1. The van der Waals surface area contributed by atoms with Gasteiger partial charge in [-0.25, -0.2) is 4.39 Å². The van der Waals surface area contributed by atoms with Crippen LogP contribution >= 0.6 is 0 Å². The van der Waals surface area contributed by atoms with Crippen molar-refractivity contribution >= 4 is 0 Å². The first-order valence-electron chi connectivity index (χ1n) is 17.3. The number of aryl methyl sites for hydroxylation is 1. The van der Waals surface area contributed by atoms with Crippen LogP contribution in [0.15, 0.2) is 24.3 Å². The molecule has 3 heteroatoms. The maximum Gasteiger partial charge on any atom is 0.200 e. The minimum absolute atomic E-state index is 0.0809. The van der Waals surface area contributed by atoms with E-state index in [2.05, 4.69) is 6.92 Å². The van der Waals surface area contributed by atoms with Crippen LogP contribution < -0.4 is 4.74 Å². The van der Waals surface area contributed by atoms with Crippen molar-refractivity contribution < 1.29 is 13.5 Å². The largest absolute Gasteiger partial charge is 0.490 e. The highest BCUT2D eigenvalue weighted by Gasteiger charge is 2.41. The highest BCUT2D eigenvalue weighted by Crippen LogP contribution is 2.52. The fraction of sp³-hybridized carbons (Fsp3) is 0.784. The van der Waals surface area contributed by atoms with Gasteiger partial charge >= 0.3 is 0 Å². The zero-order valence-electron chi connectivity index (χ0n) is 25.5. The van der Waals surface area contributed by atoms with Gasteiger partial charge < -0.3 is 4.74 Å². The van der Waals surface area contributed by atoms with Crippen molar-refractivity contribution in [1.29, 1.82) is 0 Å². The van der Waals surface area contributed by atoms with Crippen LogP contribution in [0, 0.1) is 59.0 Å². The highest BCUT2D eigenvalue weighted by atomic mass is 19.2. The topological polar surface area (TPSA) is 9.23 Å². The van der Waals surface area contributed by atoms with Crippen molar-refractivity contribution in [3.8, 4) is 5.75 Å². The van der Waals surface area contributed by atoms with E-state index in [1.807, 2.05) is 19.1 Å². The Hall–Kier alpha value is -1.38. The quantitative estimate of drug-likeness (QED) is 0.261. The molecule has 5 rings (SSSR count). The summed E-state index contributed by atoms with van der Waals surface area (Å²) in [5.41, 5.74) is 0.432. The first kappa shape index (κ1) is 30.1. The fourth-order valence-electron chi connectivity index (χ4n) is 9.49. The molecule has 0 aromatic heterocycles. The Bertz CT molecular complexity index is 940. The van der Waals surface area contributed by atoms with Gasteiger partial charge in [0.2, 0.25) is 5.82 Å². The Morgan fingerprint density at radius 2 is 1.23 bits per heavy atom. The number of hydrogen-bond donors (Lipinski definition) is 0. The lowest BCUT2D eigenvalue weighted by molar-refractivity contribution is 0.0351. The van der Waals surface area contributed by atoms with Gasteiger partial charge in [0.1, 0.15) is 0 Å². The van der Waals surface area contributed by atoms with Gasteiger partial charge in [0.15, 0.2) is 11.6 Å². The molecule has 0 aliphatic heterocycles. The van der Waals surface area contributed by atoms with E-state index in [4.69, 9.17) is 4.74 Å². The third-order valence-electron chi connectivity index (χ3n) is 11.9. The molecule has 4 fully saturated rings. The Labute approximate surface area is 243 Å². The molecule has 4 aliphatic rings. The van der Waals surface area contributed by atoms with E-state index >= 15 is 0 Å². The minimum atomic E-state index is -0.817. The fourth-order valence-corrected chi connectivity index (χ4v) is 9.49. The lowest BCUT2D eigenvalue weighted by atomic mass is 9.58. The third kappa shape index (κ3) is 7.52. The molecule has 4 atom stereocenters. The van der Waals surface area contributed by atoms with Gasteiger partial charge in [0.25, 0.3) is 0 Å². The number of allylic oxidation sites excluding steroid dienone is 2. The molecule has 0 N–H and O–H groups in total. The molecule has 0 saturated heterocycles. The summed E-state index contributed by atoms with van der Waals surface area (Å²) in [5, 5.41) is 0. The lowest BCUT2D eigenvalue weighted by Gasteiger charge is -2.47. The molecule has 4 aliphatic carbocycles. The second kappa shape index (κ2) is 14.7. The van der Waals surface area contributed by atoms with Gasteiger partial charge in [-0.15, -0.1) is 0 Å². The van der Waals surface area contributed by atoms with E-state index in [1.165, 1.54) is 96.3 Å². The molecule has 0 amide bonds. The van der Waals surface area contributed by atoms with Crippen LogP contribution in [0.4, 0.5) is 8.78 Å². The Morgan fingerprint density at radius 3 is 1.77 bits per heavy atom. The molecular formula is C37H56F2O. The van der Waals surface area contributed by atoms with Crippen molar-refractivity contribution in [2.75, 3.05) is 6.61 Å². The molecule has 1 aromatic rings. The number of halogens is 2. The molecule has 0 heterocycles. The lowest BCUT2D eigenvalue weighted by Crippen LogP contribution is -2.37. The van der Waals surface area contributed by atoms with E-state index < -0.39 is 11.6 Å². The van der Waals surface area contributed by atoms with E-state index in [9.17, 15) is 8.78 Å². The van der Waals surface area contributed by atoms with Crippen molar-refractivity contribution in [1.82, 2.24) is 0 Å². The summed E-state index contributed by atoms with van der Waals surface area (Å²) in [5.74, 6) is 5.88. The summed E-state index contributed by atoms with van der Waals surface area (Å²) in [6.07, 6.45) is 27.9. The summed E-state index contributed by atoms with van der Waals surface area (Å²) >= 11 is 0. The predicted octanol–water partition coefficient (Wildman–Crippen LogP) is 11.1. The van der Waals surface area contributed by atoms with Gasteiger partial charge in [-0.05, 0) is 156 Å². The Balaban J connectivity index is 1.02. The Kier molecular flexibility index (Phi) is 11.0. The Morgan fingerprint density at radius 1 is 0.700 bits per heavy atom. The average molecular weight is 555 g/mol. The second-order valence-electron chi connectivity index (χ2n) is 14.3. The third-order valence-corrected chi connectivity index (χ3v) is 11.9. The molecule has 224 valence electrons. The van der Waals surface area contributed by atoms with Crippen molar-refractivity contribution in [2.24, 2.45) is 47.3 Å². The monoisotopic (exact) mass is 554 g/mol. The minimum Gasteiger partial charge on any atom is -0.490 e. The summed E-state index contributed by atoms with van der Waals surface area (Å²) < 4.78 is 35.0. The van der Waals surface area contributed by atoms with Gasteiger partial charge in [-0.1, -0.05) is 50.8 Å². The van der Waals surface area contributed by atoms with E-state index in [1.54, 1.807) is 18.6 Å². The highest BCUT2D eigenvalue weighted by molar-refractivity contribution is 5.31. The molecular weight excluding hydrogens is 498 g/mol. The molecule has 4 unspecified atom stereocenters. The molecule has 0 spiro atoms. The summed E-state index contributed by atoms with van der Waals surface area (Å²) in [6, 6.07) is 3.32. The predicted molar refractivity (Wildman–Crippen MR) is 162 cm³/mol. The van der Waals surface area contributed by atoms with Crippen LogP contribution in [0.1, 0.15) is 129 Å². The average Bonchev–Trinajstić information content (AvgIpc) is 2.99. The molecule has 1 aromatic carbocycles. The van der Waals surface area contributed by atoms with Gasteiger partial charge in [0.05, 0.1) is 6.61 Å². The van der Waals surface area contributed by atoms with E-state index in [-0.39, 0.29) is 5.75 Å². The van der Waals surface area contributed by atoms with Crippen molar-refractivity contribution in [3.63, 3.8) is 0 Å². The zero-order chi connectivity index (χ0) is 27.9. The first-order chi connectivity index (χ1) is 19.6. The van der Waals surface area contributed by atoms with Crippen LogP contribution in [-0.4, -0.2) is 6.61 Å². The smallest absolute Gasteiger partial charge is 0.200 e. The van der Waals surface area contributed by atoms with E-state index in [0.717, 1.165) is 47.8 Å². The molecule has 0 bridgehead atoms. The van der Waals surface area contributed by atoms with Crippen molar-refractivity contribution in [3.05, 3.63) is 41.5 Å². The van der Waals surface area contributed by atoms with Crippen LogP contribution in [-0.2, 0) is 6.42 Å². The number of ether oxygens (including phenoxy) is 1. The van der Waals surface area contributed by atoms with Crippen molar-refractivity contribution in [2.45, 2.75) is 129 Å². The molecule has 0 radical (unpaired) electrons. The number of fused-ring (bicyclic) bond motifs is 1. The molecule has 40 heavy (non-hydrogen) atoms. The van der Waals surface area contributed by atoms with Crippen LogP contribution in [0.5, 0.6) is 5.75 Å².